The Kier molecular flexibility index (Phi) is 3.53. The molecular weight excluding hydrogens is 232 g/mol. The number of aliphatic hydroxyl groups excluding tert-OH is 1. The van der Waals surface area contributed by atoms with E-state index in [2.05, 4.69) is 4.98 Å². The lowest BCUT2D eigenvalue weighted by molar-refractivity contribution is 0.200. The molecule has 0 aliphatic carbocycles. The van der Waals surface area contributed by atoms with Crippen LogP contribution in [0.1, 0.15) is 17.5 Å². The fourth-order valence-electron chi connectivity index (χ4n) is 1.83. The summed E-state index contributed by atoms with van der Waals surface area (Å²) in [7, 11) is 4.98. The molecule has 1 aromatic carbocycles. The average molecular weight is 248 g/mol. The number of nitrogens with zero attached hydrogens (tertiary/aromatic N) is 2. The molecule has 18 heavy (non-hydrogen) atoms. The second-order valence-electron chi connectivity index (χ2n) is 3.91. The fourth-order valence-corrected chi connectivity index (χ4v) is 1.83. The van der Waals surface area contributed by atoms with Crippen molar-refractivity contribution in [2.45, 2.75) is 6.10 Å². The van der Waals surface area contributed by atoms with E-state index in [4.69, 9.17) is 9.47 Å². The van der Waals surface area contributed by atoms with Gasteiger partial charge in [-0.15, -0.1) is 0 Å². The highest BCUT2D eigenvalue weighted by molar-refractivity contribution is 5.43. The van der Waals surface area contributed by atoms with Crippen LogP contribution in [-0.4, -0.2) is 28.9 Å². The molecule has 1 heterocycles. The lowest BCUT2D eigenvalue weighted by Gasteiger charge is -2.15. The van der Waals surface area contributed by atoms with Crippen LogP contribution in [0.5, 0.6) is 11.5 Å². The molecule has 0 saturated heterocycles. The lowest BCUT2D eigenvalue weighted by atomic mass is 10.1. The maximum atomic E-state index is 10.4. The molecule has 1 aromatic heterocycles. The maximum absolute atomic E-state index is 10.4. The summed E-state index contributed by atoms with van der Waals surface area (Å²) in [6.07, 6.45) is 2.58. The van der Waals surface area contributed by atoms with Crippen molar-refractivity contribution in [3.63, 3.8) is 0 Å². The molecule has 0 radical (unpaired) electrons. The molecule has 0 aliphatic rings. The van der Waals surface area contributed by atoms with Gasteiger partial charge >= 0.3 is 0 Å². The number of imidazole rings is 1. The highest BCUT2D eigenvalue weighted by Gasteiger charge is 2.19. The zero-order valence-electron chi connectivity index (χ0n) is 10.6. The molecule has 5 heteroatoms. The standard InChI is InChI=1S/C13H16N2O3/c1-15-7-6-14-13(15)12(16)10-8-9(17-2)4-5-11(10)18-3/h4-8,12,16H,1-3H3/t12-/m1/s1. The summed E-state index contributed by atoms with van der Waals surface area (Å²) in [5.41, 5.74) is 0.631. The molecule has 1 atom stereocenters. The summed E-state index contributed by atoms with van der Waals surface area (Å²) in [6, 6.07) is 5.30. The number of hydrogen-bond donors (Lipinski definition) is 1. The van der Waals surface area contributed by atoms with Gasteiger partial charge in [-0.2, -0.15) is 0 Å². The van der Waals surface area contributed by atoms with Crippen LogP contribution in [0, 0.1) is 0 Å². The van der Waals surface area contributed by atoms with Gasteiger partial charge in [0, 0.05) is 25.0 Å². The molecule has 1 N–H and O–H groups in total. The number of methoxy groups -OCH3 is 2. The quantitative estimate of drug-likeness (QED) is 0.891. The molecular formula is C13H16N2O3. The molecule has 0 spiro atoms. The third-order valence-electron chi connectivity index (χ3n) is 2.83. The second-order valence-corrected chi connectivity index (χ2v) is 3.91. The first-order valence-electron chi connectivity index (χ1n) is 5.54. The van der Waals surface area contributed by atoms with Gasteiger partial charge in [-0.05, 0) is 18.2 Å². The van der Waals surface area contributed by atoms with Crippen molar-refractivity contribution in [3.8, 4) is 11.5 Å². The molecule has 96 valence electrons. The molecule has 0 aliphatic heterocycles. The van der Waals surface area contributed by atoms with E-state index >= 15 is 0 Å². The molecule has 5 nitrogen and oxygen atoms in total. The fraction of sp³-hybridized carbons (Fsp3) is 0.308. The third kappa shape index (κ3) is 2.17. The number of hydrogen-bond acceptors (Lipinski definition) is 4. The first-order valence-corrected chi connectivity index (χ1v) is 5.54. The second kappa shape index (κ2) is 5.10. The minimum atomic E-state index is -0.852. The van der Waals surface area contributed by atoms with Crippen LogP contribution in [0.3, 0.4) is 0 Å². The summed E-state index contributed by atoms with van der Waals surface area (Å²) in [4.78, 5) is 4.14. The monoisotopic (exact) mass is 248 g/mol. The van der Waals surface area contributed by atoms with Crippen LogP contribution in [0.25, 0.3) is 0 Å². The van der Waals surface area contributed by atoms with Crippen LogP contribution in [0.15, 0.2) is 30.6 Å². The predicted octanol–water partition coefficient (Wildman–Crippen LogP) is 1.52. The Hall–Kier alpha value is -2.01. The minimum absolute atomic E-state index is 0.557. The summed E-state index contributed by atoms with van der Waals surface area (Å²) in [6.45, 7) is 0. The van der Waals surface area contributed by atoms with Gasteiger partial charge in [0.2, 0.25) is 0 Å². The van der Waals surface area contributed by atoms with Gasteiger partial charge in [-0.3, -0.25) is 0 Å². The van der Waals surface area contributed by atoms with Crippen LogP contribution in [-0.2, 0) is 7.05 Å². The Bertz CT molecular complexity index is 537. The van der Waals surface area contributed by atoms with E-state index in [1.54, 1.807) is 49.4 Å². The van der Waals surface area contributed by atoms with Crippen LogP contribution in [0.2, 0.25) is 0 Å². The van der Waals surface area contributed by atoms with Gasteiger partial charge in [0.15, 0.2) is 0 Å². The van der Waals surface area contributed by atoms with Crippen LogP contribution in [0.4, 0.5) is 0 Å². The topological polar surface area (TPSA) is 56.5 Å². The van der Waals surface area contributed by atoms with Crippen molar-refractivity contribution < 1.29 is 14.6 Å². The van der Waals surface area contributed by atoms with E-state index in [0.717, 1.165) is 0 Å². The summed E-state index contributed by atoms with van der Waals surface area (Å²) in [5.74, 6) is 1.83. The number of aryl methyl sites for hydroxylation is 1. The van der Waals surface area contributed by atoms with Crippen LogP contribution >= 0.6 is 0 Å². The number of benzene rings is 1. The first-order chi connectivity index (χ1) is 8.67. The van der Waals surface area contributed by atoms with Gasteiger partial charge in [0.1, 0.15) is 23.4 Å². The molecule has 2 rings (SSSR count). The predicted molar refractivity (Wildman–Crippen MR) is 66.8 cm³/mol. The highest BCUT2D eigenvalue weighted by Crippen LogP contribution is 2.32. The average Bonchev–Trinajstić information content (AvgIpc) is 2.83. The Morgan fingerprint density at radius 1 is 1.28 bits per heavy atom. The van der Waals surface area contributed by atoms with Gasteiger partial charge in [-0.1, -0.05) is 0 Å². The molecule has 2 aromatic rings. The Balaban J connectivity index is 2.45. The maximum Gasteiger partial charge on any atom is 0.142 e. The zero-order chi connectivity index (χ0) is 13.1. The van der Waals surface area contributed by atoms with Gasteiger partial charge < -0.3 is 19.1 Å². The largest absolute Gasteiger partial charge is 0.497 e. The smallest absolute Gasteiger partial charge is 0.142 e. The van der Waals surface area contributed by atoms with E-state index in [-0.39, 0.29) is 0 Å². The van der Waals surface area contributed by atoms with Gasteiger partial charge in [0.25, 0.3) is 0 Å². The van der Waals surface area contributed by atoms with Crippen molar-refractivity contribution in [2.24, 2.45) is 7.05 Å². The zero-order valence-corrected chi connectivity index (χ0v) is 10.6. The van der Waals surface area contributed by atoms with Crippen molar-refractivity contribution in [1.82, 2.24) is 9.55 Å². The van der Waals surface area contributed by atoms with E-state index in [1.807, 2.05) is 7.05 Å². The lowest BCUT2D eigenvalue weighted by Crippen LogP contribution is -2.08. The van der Waals surface area contributed by atoms with Crippen molar-refractivity contribution >= 4 is 0 Å². The molecule has 0 unspecified atom stereocenters. The van der Waals surface area contributed by atoms with E-state index in [9.17, 15) is 5.11 Å². The van der Waals surface area contributed by atoms with Gasteiger partial charge in [-0.25, -0.2) is 4.98 Å². The normalized spacial score (nSPS) is 12.2. The Morgan fingerprint density at radius 2 is 2.06 bits per heavy atom. The molecule has 0 bridgehead atoms. The number of aliphatic hydroxyl groups is 1. The summed E-state index contributed by atoms with van der Waals surface area (Å²) >= 11 is 0. The molecule has 0 amide bonds. The van der Waals surface area contributed by atoms with E-state index in [1.165, 1.54) is 0 Å². The first kappa shape index (κ1) is 12.4. The van der Waals surface area contributed by atoms with E-state index in [0.29, 0.717) is 22.9 Å². The molecule has 0 fully saturated rings. The highest BCUT2D eigenvalue weighted by atomic mass is 16.5. The third-order valence-corrected chi connectivity index (χ3v) is 2.83. The van der Waals surface area contributed by atoms with Crippen molar-refractivity contribution in [1.29, 1.82) is 0 Å². The SMILES string of the molecule is COc1ccc(OC)c([C@@H](O)c2nccn2C)c1. The molecule has 0 saturated carbocycles. The number of aromatic nitrogens is 2. The minimum Gasteiger partial charge on any atom is -0.497 e. The number of rotatable bonds is 4. The van der Waals surface area contributed by atoms with Crippen molar-refractivity contribution in [3.05, 3.63) is 42.0 Å². The summed E-state index contributed by atoms with van der Waals surface area (Å²) in [5, 5.41) is 10.4. The number of ether oxygens (including phenoxy) is 2. The Labute approximate surface area is 106 Å². The van der Waals surface area contributed by atoms with Gasteiger partial charge in [0.05, 0.1) is 14.2 Å². The van der Waals surface area contributed by atoms with E-state index < -0.39 is 6.10 Å². The van der Waals surface area contributed by atoms with Crippen molar-refractivity contribution in [2.75, 3.05) is 14.2 Å². The van der Waals surface area contributed by atoms with Crippen LogP contribution < -0.4 is 9.47 Å². The summed E-state index contributed by atoms with van der Waals surface area (Å²) < 4.78 is 12.2. The Morgan fingerprint density at radius 3 is 2.61 bits per heavy atom.